The summed E-state index contributed by atoms with van der Waals surface area (Å²) in [6.45, 7) is 5.07. The summed E-state index contributed by atoms with van der Waals surface area (Å²) >= 11 is 5.53. The Balaban J connectivity index is 2.65. The minimum atomic E-state index is -1.52. The average Bonchev–Trinajstić information content (AvgIpc) is 3.12. The number of thiocarbonyl (C=S) groups is 1. The van der Waals surface area contributed by atoms with E-state index in [1.165, 1.54) is 18.9 Å². The zero-order chi connectivity index (χ0) is 28.6. The van der Waals surface area contributed by atoms with E-state index in [2.05, 4.69) is 5.32 Å². The van der Waals surface area contributed by atoms with Crippen LogP contribution in [0.1, 0.15) is 34.6 Å². The molecule has 1 aliphatic rings. The third-order valence-electron chi connectivity index (χ3n) is 5.12. The van der Waals surface area contributed by atoms with Crippen molar-refractivity contribution in [3.8, 4) is 5.75 Å². The molecule has 208 valence electrons. The van der Waals surface area contributed by atoms with Gasteiger partial charge in [-0.15, -0.1) is 0 Å². The van der Waals surface area contributed by atoms with E-state index in [1.807, 2.05) is 0 Å². The Hall–Kier alpha value is -3.94. The van der Waals surface area contributed by atoms with Crippen LogP contribution in [0.2, 0.25) is 0 Å². The Morgan fingerprint density at radius 1 is 0.895 bits per heavy atom. The number of rotatable bonds is 11. The number of hydrogen-bond acceptors (Lipinski definition) is 12. The van der Waals surface area contributed by atoms with Crippen LogP contribution in [0.15, 0.2) is 24.3 Å². The molecule has 0 spiro atoms. The quantitative estimate of drug-likeness (QED) is 0.235. The Morgan fingerprint density at radius 2 is 1.50 bits per heavy atom. The van der Waals surface area contributed by atoms with Gasteiger partial charge in [-0.05, 0) is 24.4 Å². The van der Waals surface area contributed by atoms with Crippen LogP contribution in [0, 0.1) is 0 Å². The van der Waals surface area contributed by atoms with Crippen molar-refractivity contribution in [3.63, 3.8) is 0 Å². The number of ether oxygens (including phenoxy) is 6. The zero-order valence-electron chi connectivity index (χ0n) is 21.7. The van der Waals surface area contributed by atoms with Crippen molar-refractivity contribution in [3.05, 3.63) is 24.3 Å². The standard InChI is InChI=1S/C24H30N2O11S/c1-12(27)33-11-19(34-13(2)28)21(35-14(3)29)22(36-15(4)30)20-23(37-16(5)31)26(24(38)25-20)17-9-7-8-10-18(17)32-6/h7-10,19-23H,11H2,1-6H3,(H,25,38)/t19-,20-,21-,22-,23-/m1/s1. The highest BCUT2D eigenvalue weighted by atomic mass is 32.1. The second-order valence-corrected chi connectivity index (χ2v) is 8.50. The molecule has 0 aromatic heterocycles. The maximum atomic E-state index is 12.2. The van der Waals surface area contributed by atoms with Gasteiger partial charge in [-0.25, -0.2) is 0 Å². The van der Waals surface area contributed by atoms with E-state index >= 15 is 0 Å². The normalized spacial score (nSPS) is 18.8. The molecule has 1 saturated heterocycles. The molecule has 5 atom stereocenters. The van der Waals surface area contributed by atoms with E-state index in [1.54, 1.807) is 24.3 Å². The molecule has 1 aromatic carbocycles. The van der Waals surface area contributed by atoms with E-state index in [-0.39, 0.29) is 5.11 Å². The summed E-state index contributed by atoms with van der Waals surface area (Å²) in [4.78, 5) is 61.3. The van der Waals surface area contributed by atoms with Gasteiger partial charge in [0.2, 0.25) is 6.23 Å². The smallest absolute Gasteiger partial charge is 0.304 e. The summed E-state index contributed by atoms with van der Waals surface area (Å²) in [5.74, 6) is -3.42. The molecular weight excluding hydrogens is 524 g/mol. The average molecular weight is 555 g/mol. The van der Waals surface area contributed by atoms with E-state index < -0.39 is 67.0 Å². The predicted molar refractivity (Wildman–Crippen MR) is 134 cm³/mol. The summed E-state index contributed by atoms with van der Waals surface area (Å²) in [7, 11) is 1.45. The van der Waals surface area contributed by atoms with Crippen molar-refractivity contribution in [2.75, 3.05) is 18.6 Å². The number of nitrogens with one attached hydrogen (secondary N) is 1. The van der Waals surface area contributed by atoms with Gasteiger partial charge in [-0.3, -0.25) is 28.9 Å². The number of methoxy groups -OCH3 is 1. The molecule has 0 saturated carbocycles. The summed E-state index contributed by atoms with van der Waals surface area (Å²) in [6, 6.07) is 5.61. The molecule has 0 amide bonds. The van der Waals surface area contributed by atoms with Gasteiger partial charge in [0, 0.05) is 34.6 Å². The van der Waals surface area contributed by atoms with E-state index in [0.717, 1.165) is 27.7 Å². The number of benzene rings is 1. The molecule has 14 heteroatoms. The number of para-hydroxylation sites is 2. The summed E-state index contributed by atoms with van der Waals surface area (Å²) in [5, 5.41) is 3.01. The Bertz CT molecular complexity index is 1080. The lowest BCUT2D eigenvalue weighted by atomic mass is 9.99. The zero-order valence-corrected chi connectivity index (χ0v) is 22.6. The number of carbonyl (C=O) groups is 5. The molecule has 1 aromatic rings. The third kappa shape index (κ3) is 8.03. The maximum absolute atomic E-state index is 12.2. The predicted octanol–water partition coefficient (Wildman–Crippen LogP) is 1.01. The number of hydrogen-bond donors (Lipinski definition) is 1. The van der Waals surface area contributed by atoms with Crippen LogP contribution >= 0.6 is 12.2 Å². The van der Waals surface area contributed by atoms with Crippen LogP contribution in [-0.4, -0.2) is 79.3 Å². The van der Waals surface area contributed by atoms with Crippen molar-refractivity contribution in [1.29, 1.82) is 0 Å². The molecule has 1 fully saturated rings. The first-order valence-electron chi connectivity index (χ1n) is 11.4. The molecule has 1 aliphatic heterocycles. The molecule has 0 aliphatic carbocycles. The van der Waals surface area contributed by atoms with Gasteiger partial charge in [0.05, 0.1) is 12.8 Å². The SMILES string of the molecule is COc1ccccc1N1C(=S)N[C@H]([C@@H](OC(C)=O)[C@H](OC(C)=O)[C@@H](COC(C)=O)OC(C)=O)[C@H]1OC(C)=O. The van der Waals surface area contributed by atoms with Crippen molar-refractivity contribution < 1.29 is 52.4 Å². The fourth-order valence-corrected chi connectivity index (χ4v) is 4.20. The number of anilines is 1. The van der Waals surface area contributed by atoms with Crippen LogP contribution in [0.3, 0.4) is 0 Å². The highest BCUT2D eigenvalue weighted by molar-refractivity contribution is 7.80. The monoisotopic (exact) mass is 554 g/mol. The first-order valence-corrected chi connectivity index (χ1v) is 11.8. The highest BCUT2D eigenvalue weighted by Gasteiger charge is 2.52. The Labute approximate surface area is 224 Å². The molecule has 1 N–H and O–H groups in total. The van der Waals surface area contributed by atoms with Crippen LogP contribution < -0.4 is 15.0 Å². The fourth-order valence-electron chi connectivity index (χ4n) is 3.87. The molecule has 38 heavy (non-hydrogen) atoms. The van der Waals surface area contributed by atoms with E-state index in [9.17, 15) is 24.0 Å². The van der Waals surface area contributed by atoms with Gasteiger partial charge < -0.3 is 33.7 Å². The molecule has 0 radical (unpaired) electrons. The molecule has 13 nitrogen and oxygen atoms in total. The second-order valence-electron chi connectivity index (χ2n) is 8.12. The van der Waals surface area contributed by atoms with Crippen molar-refractivity contribution in [2.45, 2.75) is 65.2 Å². The lowest BCUT2D eigenvalue weighted by molar-refractivity contribution is -0.194. The van der Waals surface area contributed by atoms with Crippen molar-refractivity contribution in [1.82, 2.24) is 5.32 Å². The lowest BCUT2D eigenvalue weighted by Crippen LogP contribution is -2.58. The van der Waals surface area contributed by atoms with Crippen LogP contribution in [0.5, 0.6) is 5.75 Å². The van der Waals surface area contributed by atoms with Crippen molar-refractivity contribution in [2.24, 2.45) is 0 Å². The maximum Gasteiger partial charge on any atom is 0.304 e. The first-order chi connectivity index (χ1) is 17.8. The number of carbonyl (C=O) groups excluding carboxylic acids is 5. The van der Waals surface area contributed by atoms with Gasteiger partial charge in [-0.1, -0.05) is 12.1 Å². The van der Waals surface area contributed by atoms with Gasteiger partial charge in [0.15, 0.2) is 23.4 Å². The number of nitrogens with zero attached hydrogens (tertiary/aromatic N) is 1. The summed E-state index contributed by atoms with van der Waals surface area (Å²) in [5.41, 5.74) is 0.420. The Kier molecular flexibility index (Phi) is 10.8. The van der Waals surface area contributed by atoms with Crippen LogP contribution in [0.4, 0.5) is 5.69 Å². The first kappa shape index (κ1) is 30.3. The molecule has 1 heterocycles. The topological polar surface area (TPSA) is 156 Å². The summed E-state index contributed by atoms with van der Waals surface area (Å²) in [6.07, 6.45) is -5.63. The van der Waals surface area contributed by atoms with Gasteiger partial charge in [0.25, 0.3) is 0 Å². The minimum Gasteiger partial charge on any atom is -0.495 e. The lowest BCUT2D eigenvalue weighted by Gasteiger charge is -2.36. The fraction of sp³-hybridized carbons (Fsp3) is 0.500. The van der Waals surface area contributed by atoms with Gasteiger partial charge >= 0.3 is 29.8 Å². The largest absolute Gasteiger partial charge is 0.495 e. The molecule has 0 bridgehead atoms. The molecular formula is C24H30N2O11S. The van der Waals surface area contributed by atoms with Crippen LogP contribution in [0.25, 0.3) is 0 Å². The number of esters is 5. The Morgan fingerprint density at radius 3 is 2.03 bits per heavy atom. The second kappa shape index (κ2) is 13.6. The highest BCUT2D eigenvalue weighted by Crippen LogP contribution is 2.35. The van der Waals surface area contributed by atoms with Gasteiger partial charge in [-0.2, -0.15) is 0 Å². The molecule has 0 unspecified atom stereocenters. The minimum absolute atomic E-state index is 0.0634. The van der Waals surface area contributed by atoms with Crippen LogP contribution in [-0.2, 0) is 47.7 Å². The summed E-state index contributed by atoms with van der Waals surface area (Å²) < 4.78 is 32.3. The van der Waals surface area contributed by atoms with E-state index in [0.29, 0.717) is 11.4 Å². The molecule has 2 rings (SSSR count). The van der Waals surface area contributed by atoms with Gasteiger partial charge in [0.1, 0.15) is 18.4 Å². The third-order valence-corrected chi connectivity index (χ3v) is 5.43. The van der Waals surface area contributed by atoms with Crippen molar-refractivity contribution >= 4 is 52.9 Å². The van der Waals surface area contributed by atoms with E-state index in [4.69, 9.17) is 40.6 Å².